The Hall–Kier alpha value is -3.87. The van der Waals surface area contributed by atoms with Gasteiger partial charge in [0.15, 0.2) is 5.41 Å². The van der Waals surface area contributed by atoms with Crippen LogP contribution in [0.4, 0.5) is 17.6 Å². The summed E-state index contributed by atoms with van der Waals surface area (Å²) in [6, 6.07) is 5.70. The van der Waals surface area contributed by atoms with Gasteiger partial charge in [0.25, 0.3) is 11.8 Å². The lowest BCUT2D eigenvalue weighted by Gasteiger charge is -2.39. The molecule has 4 rings (SSSR count). The van der Waals surface area contributed by atoms with Gasteiger partial charge in [-0.15, -0.1) is 11.3 Å². The van der Waals surface area contributed by atoms with Gasteiger partial charge in [-0.05, 0) is 42.0 Å². The summed E-state index contributed by atoms with van der Waals surface area (Å²) in [6.45, 7) is -0.521. The highest BCUT2D eigenvalue weighted by Crippen LogP contribution is 2.40. The Kier molecular flexibility index (Phi) is 5.83. The highest BCUT2D eigenvalue weighted by Gasteiger charge is 2.58. The fourth-order valence-corrected chi connectivity index (χ4v) is 4.95. The van der Waals surface area contributed by atoms with Gasteiger partial charge in [-0.3, -0.25) is 24.1 Å². The lowest BCUT2D eigenvalue weighted by Crippen LogP contribution is -2.59. The Morgan fingerprint density at radius 1 is 1.17 bits per heavy atom. The zero-order valence-electron chi connectivity index (χ0n) is 17.8. The Morgan fingerprint density at radius 2 is 1.89 bits per heavy atom. The first kappa shape index (κ1) is 24.3. The number of carbonyl (C=O) groups excluding carboxylic acids is 4. The van der Waals surface area contributed by atoms with Gasteiger partial charge in [-0.1, -0.05) is 0 Å². The van der Waals surface area contributed by atoms with Crippen LogP contribution in [0.1, 0.15) is 32.9 Å². The van der Waals surface area contributed by atoms with E-state index in [0.717, 1.165) is 48.8 Å². The zero-order chi connectivity index (χ0) is 25.7. The number of amides is 3. The first-order chi connectivity index (χ1) is 16.4. The lowest BCUT2D eigenvalue weighted by molar-refractivity contribution is -0.158. The third kappa shape index (κ3) is 4.01. The van der Waals surface area contributed by atoms with Crippen LogP contribution in [-0.4, -0.2) is 40.7 Å². The molecule has 0 fully saturated rings. The van der Waals surface area contributed by atoms with Crippen molar-refractivity contribution in [1.82, 2.24) is 9.88 Å². The van der Waals surface area contributed by atoms with Crippen molar-refractivity contribution in [3.63, 3.8) is 0 Å². The van der Waals surface area contributed by atoms with E-state index < -0.39 is 59.6 Å². The molecule has 1 atom stereocenters. The molecule has 0 radical (unpaired) electrons. The van der Waals surface area contributed by atoms with E-state index in [1.54, 1.807) is 0 Å². The van der Waals surface area contributed by atoms with Crippen LogP contribution in [0.3, 0.4) is 0 Å². The summed E-state index contributed by atoms with van der Waals surface area (Å²) in [5.41, 5.74) is 1.32. The largest absolute Gasteiger partial charge is 0.468 e. The molecule has 182 valence electrons. The minimum atomic E-state index is -4.59. The lowest BCUT2D eigenvalue weighted by atomic mass is 9.71. The molecule has 1 aliphatic rings. The monoisotopic (exact) mass is 509 g/mol. The van der Waals surface area contributed by atoms with E-state index in [1.165, 1.54) is 6.07 Å². The molecular weight excluding hydrogens is 494 g/mol. The number of carbonyl (C=O) groups is 4. The number of aromatic nitrogens is 1. The molecule has 0 aliphatic carbocycles. The molecule has 3 aromatic rings. The van der Waals surface area contributed by atoms with Crippen LogP contribution in [0.25, 0.3) is 10.2 Å². The summed E-state index contributed by atoms with van der Waals surface area (Å²) in [5.74, 6) is -5.30. The second-order valence-electron chi connectivity index (χ2n) is 7.71. The molecule has 2 N–H and O–H groups in total. The Labute approximate surface area is 198 Å². The number of hydrogen-bond donors (Lipinski definition) is 1. The number of rotatable bonds is 5. The van der Waals surface area contributed by atoms with E-state index in [-0.39, 0.29) is 21.7 Å². The maximum Gasteiger partial charge on any atom is 0.416 e. The molecule has 0 saturated heterocycles. The molecule has 2 heterocycles. The van der Waals surface area contributed by atoms with Gasteiger partial charge in [0.2, 0.25) is 5.91 Å². The summed E-state index contributed by atoms with van der Waals surface area (Å²) in [7, 11) is 0.948. The van der Waals surface area contributed by atoms with Crippen LogP contribution in [0.5, 0.6) is 0 Å². The van der Waals surface area contributed by atoms with Crippen LogP contribution >= 0.6 is 11.3 Å². The molecule has 1 aromatic heterocycles. The van der Waals surface area contributed by atoms with Crippen molar-refractivity contribution in [2.75, 3.05) is 7.11 Å². The number of primary amides is 1. The van der Waals surface area contributed by atoms with E-state index in [0.29, 0.717) is 9.60 Å². The topological polar surface area (TPSA) is 120 Å². The van der Waals surface area contributed by atoms with Gasteiger partial charge in [-0.25, -0.2) is 9.37 Å². The Balaban J connectivity index is 1.83. The first-order valence-electron chi connectivity index (χ1n) is 9.88. The molecule has 0 bridgehead atoms. The van der Waals surface area contributed by atoms with E-state index in [1.807, 2.05) is 0 Å². The fraction of sp³-hybridized carbons (Fsp3) is 0.227. The third-order valence-corrected chi connectivity index (χ3v) is 6.57. The van der Waals surface area contributed by atoms with E-state index >= 15 is 0 Å². The first-order valence-corrected chi connectivity index (χ1v) is 10.7. The normalized spacial score (nSPS) is 18.0. The number of ether oxygens (including phenoxy) is 1. The quantitative estimate of drug-likeness (QED) is 0.245. The molecule has 0 spiro atoms. The number of alkyl halides is 3. The van der Waals surface area contributed by atoms with Crippen LogP contribution in [-0.2, 0) is 37.3 Å². The highest BCUT2D eigenvalue weighted by atomic mass is 32.1. The Bertz CT molecular complexity index is 1400. The molecule has 2 aromatic carbocycles. The molecule has 8 nitrogen and oxygen atoms in total. The number of nitrogens with two attached hydrogens (primary N) is 1. The van der Waals surface area contributed by atoms with Crippen molar-refractivity contribution in [2.24, 2.45) is 5.73 Å². The van der Waals surface area contributed by atoms with Gasteiger partial charge in [0.1, 0.15) is 10.8 Å². The number of methoxy groups -OCH3 is 1. The van der Waals surface area contributed by atoms with Gasteiger partial charge < -0.3 is 10.5 Å². The van der Waals surface area contributed by atoms with Crippen molar-refractivity contribution in [1.29, 1.82) is 0 Å². The molecule has 13 heteroatoms. The summed E-state index contributed by atoms with van der Waals surface area (Å²) in [5, 5.41) is 0.0874. The summed E-state index contributed by atoms with van der Waals surface area (Å²) >= 11 is 0.934. The number of esters is 1. The smallest absolute Gasteiger partial charge is 0.416 e. The minimum Gasteiger partial charge on any atom is -0.468 e. The van der Waals surface area contributed by atoms with Gasteiger partial charge in [0.05, 0.1) is 35.9 Å². The second-order valence-corrected chi connectivity index (χ2v) is 8.83. The average molecular weight is 509 g/mol. The number of hydrogen-bond acceptors (Lipinski definition) is 7. The van der Waals surface area contributed by atoms with E-state index in [4.69, 9.17) is 10.5 Å². The fourth-order valence-electron chi connectivity index (χ4n) is 4.01. The zero-order valence-corrected chi connectivity index (χ0v) is 18.6. The van der Waals surface area contributed by atoms with Crippen molar-refractivity contribution in [2.45, 2.75) is 24.6 Å². The molecular formula is C22H15F4N3O5S. The molecule has 35 heavy (non-hydrogen) atoms. The highest BCUT2D eigenvalue weighted by molar-refractivity contribution is 7.18. The van der Waals surface area contributed by atoms with Crippen LogP contribution in [0, 0.1) is 5.82 Å². The average Bonchev–Trinajstić information content (AvgIpc) is 3.20. The molecule has 3 amide bonds. The predicted molar refractivity (Wildman–Crippen MR) is 113 cm³/mol. The van der Waals surface area contributed by atoms with E-state index in [9.17, 15) is 36.7 Å². The van der Waals surface area contributed by atoms with Crippen molar-refractivity contribution >= 4 is 45.2 Å². The second kappa shape index (κ2) is 8.41. The van der Waals surface area contributed by atoms with Crippen molar-refractivity contribution in [3.05, 3.63) is 63.9 Å². The van der Waals surface area contributed by atoms with Gasteiger partial charge >= 0.3 is 12.1 Å². The number of imide groups is 1. The number of fused-ring (bicyclic) bond motifs is 2. The Morgan fingerprint density at radius 3 is 2.51 bits per heavy atom. The van der Waals surface area contributed by atoms with Gasteiger partial charge in [-0.2, -0.15) is 13.2 Å². The maximum atomic E-state index is 14.1. The minimum absolute atomic E-state index is 0.00410. The number of halogens is 4. The summed E-state index contributed by atoms with van der Waals surface area (Å²) in [6.07, 6.45) is -5.50. The van der Waals surface area contributed by atoms with Crippen LogP contribution < -0.4 is 5.73 Å². The summed E-state index contributed by atoms with van der Waals surface area (Å²) < 4.78 is 58.3. The number of nitrogens with zero attached hydrogens (tertiary/aromatic N) is 2. The standard InChI is InChI=1S/C22H15F4N3O5S/c1-34-20(33)21(8-16(27)30)13-7-11(23)3-4-12(13)18(31)29(19(21)32)9-17-28-14-6-10(22(24,25)26)2-5-15(14)35-17/h2-7H,8-9H2,1H3,(H2,27,30). The molecule has 1 aliphatic heterocycles. The van der Waals surface area contributed by atoms with Crippen LogP contribution in [0.2, 0.25) is 0 Å². The molecule has 0 saturated carbocycles. The van der Waals surface area contributed by atoms with Crippen LogP contribution in [0.15, 0.2) is 36.4 Å². The third-order valence-electron chi connectivity index (χ3n) is 5.55. The van der Waals surface area contributed by atoms with Crippen molar-refractivity contribution in [3.8, 4) is 0 Å². The van der Waals surface area contributed by atoms with Gasteiger partial charge in [0, 0.05) is 5.56 Å². The summed E-state index contributed by atoms with van der Waals surface area (Å²) in [4.78, 5) is 56.2. The van der Waals surface area contributed by atoms with E-state index in [2.05, 4.69) is 4.98 Å². The van der Waals surface area contributed by atoms with Crippen molar-refractivity contribution < 1.29 is 41.5 Å². The number of benzene rings is 2. The maximum absolute atomic E-state index is 14.1. The SMILES string of the molecule is COC(=O)C1(CC(N)=O)C(=O)N(Cc2nc3cc(C(F)(F)F)ccc3s2)C(=O)c2ccc(F)cc21. The number of thiazole rings is 1. The molecule has 1 unspecified atom stereocenters. The predicted octanol–water partition coefficient (Wildman–Crippen LogP) is 2.92.